The van der Waals surface area contributed by atoms with Crippen LogP contribution in [0.1, 0.15) is 44.3 Å². The van der Waals surface area contributed by atoms with Gasteiger partial charge in [-0.05, 0) is 25.0 Å². The van der Waals surface area contributed by atoms with Crippen LogP contribution < -0.4 is 5.32 Å². The van der Waals surface area contributed by atoms with Crippen molar-refractivity contribution < 1.29 is 18.5 Å². The van der Waals surface area contributed by atoms with Gasteiger partial charge >= 0.3 is 6.03 Å². The first-order valence-electron chi connectivity index (χ1n) is 8.19. The first-order valence-corrected chi connectivity index (χ1v) is 8.19. The van der Waals surface area contributed by atoms with E-state index in [1.54, 1.807) is 12.1 Å². The average molecular weight is 330 g/mol. The minimum Gasteiger partial charge on any atom is -0.459 e. The fraction of sp³-hybridized carbons (Fsp3) is 0.500. The highest BCUT2D eigenvalue weighted by molar-refractivity contribution is 6.06. The third-order valence-corrected chi connectivity index (χ3v) is 4.70. The first kappa shape index (κ1) is 14.9. The van der Waals surface area contributed by atoms with Crippen LogP contribution in [0.3, 0.4) is 0 Å². The molecule has 0 atom stereocenters. The van der Waals surface area contributed by atoms with Crippen LogP contribution in [-0.2, 0) is 11.3 Å². The lowest BCUT2D eigenvalue weighted by Gasteiger charge is -2.24. The van der Waals surface area contributed by atoms with Crippen molar-refractivity contribution in [1.82, 2.24) is 20.4 Å². The topological polar surface area (TPSA) is 101 Å². The highest BCUT2D eigenvalue weighted by atomic mass is 16.5. The van der Waals surface area contributed by atoms with Gasteiger partial charge in [0.1, 0.15) is 5.54 Å². The molecule has 2 aromatic rings. The van der Waals surface area contributed by atoms with E-state index in [0.29, 0.717) is 18.6 Å². The fourth-order valence-electron chi connectivity index (χ4n) is 3.45. The molecular formula is C16H18N4O4. The summed E-state index contributed by atoms with van der Waals surface area (Å²) in [4.78, 5) is 30.5. The smallest absolute Gasteiger partial charge is 0.325 e. The molecular weight excluding hydrogens is 312 g/mol. The molecule has 0 radical (unpaired) electrons. The van der Waals surface area contributed by atoms with E-state index >= 15 is 0 Å². The molecule has 3 amide bonds. The third kappa shape index (κ3) is 2.47. The van der Waals surface area contributed by atoms with Crippen LogP contribution in [0.15, 0.2) is 27.3 Å². The molecule has 2 aromatic heterocycles. The molecule has 1 aliphatic carbocycles. The Labute approximate surface area is 138 Å². The van der Waals surface area contributed by atoms with E-state index in [-0.39, 0.29) is 30.2 Å². The van der Waals surface area contributed by atoms with Crippen molar-refractivity contribution in [3.63, 3.8) is 0 Å². The zero-order valence-electron chi connectivity index (χ0n) is 13.2. The van der Waals surface area contributed by atoms with Gasteiger partial charge in [-0.3, -0.25) is 9.69 Å². The molecule has 1 N–H and O–H groups in total. The molecule has 24 heavy (non-hydrogen) atoms. The molecule has 3 heterocycles. The van der Waals surface area contributed by atoms with Crippen LogP contribution in [0.25, 0.3) is 11.7 Å². The van der Waals surface area contributed by atoms with Gasteiger partial charge in [-0.25, -0.2) is 4.79 Å². The lowest BCUT2D eigenvalue weighted by Crippen LogP contribution is -2.46. The Balaban J connectivity index is 1.52. The van der Waals surface area contributed by atoms with Crippen LogP contribution >= 0.6 is 0 Å². The maximum Gasteiger partial charge on any atom is 0.325 e. The summed E-state index contributed by atoms with van der Waals surface area (Å²) in [5, 5.41) is 6.73. The third-order valence-electron chi connectivity index (χ3n) is 4.70. The van der Waals surface area contributed by atoms with Gasteiger partial charge in [0.25, 0.3) is 11.8 Å². The Bertz CT molecular complexity index is 744. The SMILES string of the molecule is O=C1NC2(CCCCCC2)C(=O)N1Cc1noc(-c2ccco2)n1. The Morgan fingerprint density at radius 1 is 1.21 bits per heavy atom. The van der Waals surface area contributed by atoms with Gasteiger partial charge in [0.15, 0.2) is 11.6 Å². The first-order chi connectivity index (χ1) is 11.7. The van der Waals surface area contributed by atoms with Crippen LogP contribution in [0.4, 0.5) is 4.79 Å². The molecule has 0 bridgehead atoms. The maximum absolute atomic E-state index is 12.8. The van der Waals surface area contributed by atoms with Crippen molar-refractivity contribution in [1.29, 1.82) is 0 Å². The molecule has 0 unspecified atom stereocenters. The van der Waals surface area contributed by atoms with Gasteiger partial charge in [0.2, 0.25) is 0 Å². The summed E-state index contributed by atoms with van der Waals surface area (Å²) < 4.78 is 10.3. The molecule has 4 rings (SSSR count). The zero-order valence-corrected chi connectivity index (χ0v) is 13.2. The lowest BCUT2D eigenvalue weighted by atomic mass is 9.90. The van der Waals surface area contributed by atoms with Crippen molar-refractivity contribution >= 4 is 11.9 Å². The van der Waals surface area contributed by atoms with Gasteiger partial charge in [0, 0.05) is 0 Å². The Kier molecular flexibility index (Phi) is 3.59. The van der Waals surface area contributed by atoms with Crippen molar-refractivity contribution in [2.45, 2.75) is 50.6 Å². The number of furan rings is 1. The van der Waals surface area contributed by atoms with Crippen molar-refractivity contribution in [3.8, 4) is 11.7 Å². The summed E-state index contributed by atoms with van der Waals surface area (Å²) in [5.74, 6) is 0.770. The number of hydrogen-bond donors (Lipinski definition) is 1. The number of aromatic nitrogens is 2. The van der Waals surface area contributed by atoms with E-state index in [1.807, 2.05) is 0 Å². The summed E-state index contributed by atoms with van der Waals surface area (Å²) in [5.41, 5.74) is -0.749. The lowest BCUT2D eigenvalue weighted by molar-refractivity contribution is -0.132. The van der Waals surface area contributed by atoms with Crippen molar-refractivity contribution in [3.05, 3.63) is 24.2 Å². The van der Waals surface area contributed by atoms with E-state index in [4.69, 9.17) is 8.94 Å². The van der Waals surface area contributed by atoms with Crippen LogP contribution in [0.5, 0.6) is 0 Å². The van der Waals surface area contributed by atoms with Crippen molar-refractivity contribution in [2.75, 3.05) is 0 Å². The quantitative estimate of drug-likeness (QED) is 0.868. The summed E-state index contributed by atoms with van der Waals surface area (Å²) in [6, 6.07) is 3.03. The predicted octanol–water partition coefficient (Wildman–Crippen LogP) is 2.47. The largest absolute Gasteiger partial charge is 0.459 e. The predicted molar refractivity (Wildman–Crippen MR) is 81.5 cm³/mol. The number of urea groups is 1. The molecule has 8 heteroatoms. The Morgan fingerprint density at radius 3 is 2.71 bits per heavy atom. The van der Waals surface area contributed by atoms with Gasteiger partial charge in [0.05, 0.1) is 12.8 Å². The van der Waals surface area contributed by atoms with Gasteiger partial charge < -0.3 is 14.3 Å². The number of carbonyl (C=O) groups excluding carboxylic acids is 2. The van der Waals surface area contributed by atoms with E-state index < -0.39 is 5.54 Å². The molecule has 1 spiro atoms. The summed E-state index contributed by atoms with van der Waals surface area (Å²) in [6.07, 6.45) is 6.99. The fourth-order valence-corrected chi connectivity index (χ4v) is 3.45. The normalized spacial score (nSPS) is 20.4. The van der Waals surface area contributed by atoms with Gasteiger partial charge in [-0.15, -0.1) is 0 Å². The van der Waals surface area contributed by atoms with E-state index in [9.17, 15) is 9.59 Å². The molecule has 1 aliphatic heterocycles. The van der Waals surface area contributed by atoms with Crippen LogP contribution in [0, 0.1) is 0 Å². The van der Waals surface area contributed by atoms with E-state index in [2.05, 4.69) is 15.5 Å². The maximum atomic E-state index is 12.8. The number of imide groups is 1. The molecule has 1 saturated carbocycles. The minimum absolute atomic E-state index is 0.00335. The number of amides is 3. The van der Waals surface area contributed by atoms with Gasteiger partial charge in [-0.1, -0.05) is 30.8 Å². The highest BCUT2D eigenvalue weighted by Crippen LogP contribution is 2.33. The molecule has 8 nitrogen and oxygen atoms in total. The van der Waals surface area contributed by atoms with E-state index in [0.717, 1.165) is 25.7 Å². The molecule has 126 valence electrons. The second-order valence-corrected chi connectivity index (χ2v) is 6.31. The number of nitrogens with zero attached hydrogens (tertiary/aromatic N) is 3. The van der Waals surface area contributed by atoms with Crippen LogP contribution in [-0.4, -0.2) is 32.5 Å². The van der Waals surface area contributed by atoms with Crippen molar-refractivity contribution in [2.24, 2.45) is 0 Å². The number of rotatable bonds is 3. The standard InChI is InChI=1S/C16H18N4O4/c21-14-16(7-3-1-2-4-8-16)18-15(22)20(14)10-12-17-13(24-19-12)11-6-5-9-23-11/h5-6,9H,1-4,7-8,10H2,(H,18,22). The molecule has 2 aliphatic rings. The Morgan fingerprint density at radius 2 is 2.00 bits per heavy atom. The second kappa shape index (κ2) is 5.77. The van der Waals surface area contributed by atoms with Crippen LogP contribution in [0.2, 0.25) is 0 Å². The van der Waals surface area contributed by atoms with E-state index in [1.165, 1.54) is 11.2 Å². The van der Waals surface area contributed by atoms with Gasteiger partial charge in [-0.2, -0.15) is 4.98 Å². The molecule has 0 aromatic carbocycles. The monoisotopic (exact) mass is 330 g/mol. The molecule has 1 saturated heterocycles. The zero-order chi connectivity index (χ0) is 16.6. The highest BCUT2D eigenvalue weighted by Gasteiger charge is 2.50. The summed E-state index contributed by atoms with van der Waals surface area (Å²) >= 11 is 0. The number of carbonyl (C=O) groups is 2. The Hall–Kier alpha value is -2.64. The summed E-state index contributed by atoms with van der Waals surface area (Å²) in [7, 11) is 0. The number of nitrogens with one attached hydrogen (secondary N) is 1. The number of hydrogen-bond acceptors (Lipinski definition) is 6. The average Bonchev–Trinajstić information content (AvgIpc) is 3.25. The summed E-state index contributed by atoms with van der Waals surface area (Å²) in [6.45, 7) is -0.00335. The molecule has 2 fully saturated rings. The second-order valence-electron chi connectivity index (χ2n) is 6.31. The minimum atomic E-state index is -0.749.